The van der Waals surface area contributed by atoms with E-state index in [1.807, 2.05) is 0 Å². The molecule has 22 heavy (non-hydrogen) atoms. The van der Waals surface area contributed by atoms with Crippen molar-refractivity contribution in [1.82, 2.24) is 15.5 Å². The Labute approximate surface area is 126 Å². The third-order valence-corrected chi connectivity index (χ3v) is 3.19. The van der Waals surface area contributed by atoms with Gasteiger partial charge in [-0.05, 0) is 25.6 Å². The molecule has 0 aromatic heterocycles. The third kappa shape index (κ3) is 5.03. The molecule has 2 N–H and O–H groups in total. The van der Waals surface area contributed by atoms with E-state index in [0.717, 1.165) is 12.1 Å². The summed E-state index contributed by atoms with van der Waals surface area (Å²) in [6.07, 6.45) is -4.41. The monoisotopic (exact) mass is 317 g/mol. The molecule has 0 saturated carbocycles. The van der Waals surface area contributed by atoms with Crippen molar-refractivity contribution in [1.29, 1.82) is 0 Å². The lowest BCUT2D eigenvalue weighted by Gasteiger charge is -2.23. The average Bonchev–Trinajstić information content (AvgIpc) is 2.45. The van der Waals surface area contributed by atoms with Crippen LogP contribution in [-0.2, 0) is 17.5 Å². The first-order chi connectivity index (χ1) is 10.1. The lowest BCUT2D eigenvalue weighted by molar-refractivity contribution is -0.137. The largest absolute Gasteiger partial charge is 0.416 e. The molecule has 0 aliphatic heterocycles. The number of amides is 3. The number of hydrogen-bond acceptors (Lipinski definition) is 3. The predicted molar refractivity (Wildman–Crippen MR) is 75.0 cm³/mol. The van der Waals surface area contributed by atoms with Gasteiger partial charge < -0.3 is 5.32 Å². The fraction of sp³-hybridized carbons (Fsp3) is 0.429. The second kappa shape index (κ2) is 7.26. The van der Waals surface area contributed by atoms with Gasteiger partial charge in [0.2, 0.25) is 5.91 Å². The van der Waals surface area contributed by atoms with Gasteiger partial charge in [0, 0.05) is 13.6 Å². The van der Waals surface area contributed by atoms with Crippen molar-refractivity contribution in [2.24, 2.45) is 0 Å². The van der Waals surface area contributed by atoms with Crippen LogP contribution in [0.3, 0.4) is 0 Å². The molecule has 122 valence electrons. The summed E-state index contributed by atoms with van der Waals surface area (Å²) in [7, 11) is 2.97. The van der Waals surface area contributed by atoms with Crippen molar-refractivity contribution in [2.45, 2.75) is 25.7 Å². The Morgan fingerprint density at radius 3 is 2.50 bits per heavy atom. The lowest BCUT2D eigenvalue weighted by Crippen LogP contribution is -2.47. The number of nitrogens with one attached hydrogen (secondary N) is 2. The van der Waals surface area contributed by atoms with Crippen molar-refractivity contribution in [3.63, 3.8) is 0 Å². The minimum atomic E-state index is -4.41. The Kier molecular flexibility index (Phi) is 5.92. The van der Waals surface area contributed by atoms with E-state index >= 15 is 0 Å². The van der Waals surface area contributed by atoms with Crippen LogP contribution in [0.4, 0.5) is 18.0 Å². The van der Waals surface area contributed by atoms with Gasteiger partial charge in [0.25, 0.3) is 0 Å². The van der Waals surface area contributed by atoms with E-state index in [1.165, 1.54) is 13.1 Å². The molecular formula is C14H18F3N3O2. The Morgan fingerprint density at radius 1 is 1.32 bits per heavy atom. The van der Waals surface area contributed by atoms with Gasteiger partial charge in [-0.2, -0.15) is 13.2 Å². The minimum absolute atomic E-state index is 0.145. The molecule has 0 aliphatic rings. The van der Waals surface area contributed by atoms with Crippen molar-refractivity contribution < 1.29 is 22.8 Å². The number of likely N-dealkylation sites (N-methyl/N-ethyl adjacent to an activating group) is 1. The molecule has 1 aromatic carbocycles. The second-order valence-electron chi connectivity index (χ2n) is 4.86. The highest BCUT2D eigenvalue weighted by Crippen LogP contribution is 2.29. The van der Waals surface area contributed by atoms with Crippen LogP contribution in [-0.4, -0.2) is 37.0 Å². The van der Waals surface area contributed by atoms with Gasteiger partial charge in [-0.3, -0.25) is 15.0 Å². The fourth-order valence-electron chi connectivity index (χ4n) is 1.75. The standard InChI is InChI=1S/C14H18F3N3O2/c1-9(12(21)19-13(22)18-2)20(3)8-10-5-4-6-11(7-10)14(15,16)17/h4-7,9H,8H2,1-3H3,(H2,18,19,21,22). The number of hydrogen-bond donors (Lipinski definition) is 2. The first-order valence-electron chi connectivity index (χ1n) is 6.54. The molecule has 8 heteroatoms. The van der Waals surface area contributed by atoms with E-state index in [9.17, 15) is 22.8 Å². The van der Waals surface area contributed by atoms with Crippen LogP contribution >= 0.6 is 0 Å². The molecule has 1 atom stereocenters. The zero-order valence-corrected chi connectivity index (χ0v) is 12.5. The topological polar surface area (TPSA) is 61.4 Å². The summed E-state index contributed by atoms with van der Waals surface area (Å²) in [6.45, 7) is 1.71. The SMILES string of the molecule is CNC(=O)NC(=O)C(C)N(C)Cc1cccc(C(F)(F)F)c1. The van der Waals surface area contributed by atoms with Crippen LogP contribution in [0, 0.1) is 0 Å². The normalized spacial score (nSPS) is 12.9. The van der Waals surface area contributed by atoms with E-state index in [1.54, 1.807) is 24.9 Å². The van der Waals surface area contributed by atoms with E-state index in [0.29, 0.717) is 5.56 Å². The van der Waals surface area contributed by atoms with Crippen LogP contribution in [0.25, 0.3) is 0 Å². The zero-order chi connectivity index (χ0) is 16.9. The van der Waals surface area contributed by atoms with Crippen LogP contribution < -0.4 is 10.6 Å². The molecular weight excluding hydrogens is 299 g/mol. The Bertz CT molecular complexity index is 546. The second-order valence-corrected chi connectivity index (χ2v) is 4.86. The molecule has 3 amide bonds. The molecule has 5 nitrogen and oxygen atoms in total. The number of imide groups is 1. The molecule has 0 bridgehead atoms. The summed E-state index contributed by atoms with van der Waals surface area (Å²) in [4.78, 5) is 24.4. The number of urea groups is 1. The number of rotatable bonds is 4. The number of carbonyl (C=O) groups is 2. The van der Waals surface area contributed by atoms with Gasteiger partial charge in [-0.25, -0.2) is 4.79 Å². The maximum atomic E-state index is 12.7. The van der Waals surface area contributed by atoms with Gasteiger partial charge >= 0.3 is 12.2 Å². The number of carbonyl (C=O) groups excluding carboxylic acids is 2. The molecule has 1 unspecified atom stereocenters. The summed E-state index contributed by atoms with van der Waals surface area (Å²) in [6, 6.07) is 3.60. The van der Waals surface area contributed by atoms with Crippen LogP contribution in [0.1, 0.15) is 18.1 Å². The van der Waals surface area contributed by atoms with Gasteiger partial charge in [-0.15, -0.1) is 0 Å². The maximum absolute atomic E-state index is 12.7. The summed E-state index contributed by atoms with van der Waals surface area (Å²) >= 11 is 0. The van der Waals surface area contributed by atoms with Gasteiger partial charge in [0.1, 0.15) is 0 Å². The highest BCUT2D eigenvalue weighted by molar-refractivity contribution is 5.96. The molecule has 0 spiro atoms. The zero-order valence-electron chi connectivity index (χ0n) is 12.5. The Balaban J connectivity index is 2.74. The van der Waals surface area contributed by atoms with Gasteiger partial charge in [0.05, 0.1) is 11.6 Å². The highest BCUT2D eigenvalue weighted by Gasteiger charge is 2.30. The van der Waals surface area contributed by atoms with E-state index in [-0.39, 0.29) is 6.54 Å². The first kappa shape index (κ1) is 18.0. The number of benzene rings is 1. The molecule has 0 fully saturated rings. The smallest absolute Gasteiger partial charge is 0.341 e. The molecule has 0 saturated heterocycles. The van der Waals surface area contributed by atoms with Crippen molar-refractivity contribution in [3.05, 3.63) is 35.4 Å². The van der Waals surface area contributed by atoms with E-state index < -0.39 is 29.7 Å². The molecule has 1 aromatic rings. The van der Waals surface area contributed by atoms with E-state index in [2.05, 4.69) is 10.6 Å². The Hall–Kier alpha value is -2.09. The number of alkyl halides is 3. The molecule has 0 aliphatic carbocycles. The molecule has 0 radical (unpaired) electrons. The van der Waals surface area contributed by atoms with Crippen molar-refractivity contribution >= 4 is 11.9 Å². The van der Waals surface area contributed by atoms with Crippen molar-refractivity contribution in [2.75, 3.05) is 14.1 Å². The summed E-state index contributed by atoms with van der Waals surface area (Å²) in [5.41, 5.74) is -0.308. The first-order valence-corrected chi connectivity index (χ1v) is 6.54. The maximum Gasteiger partial charge on any atom is 0.416 e. The lowest BCUT2D eigenvalue weighted by atomic mass is 10.1. The minimum Gasteiger partial charge on any atom is -0.341 e. The van der Waals surface area contributed by atoms with Crippen LogP contribution in [0.2, 0.25) is 0 Å². The van der Waals surface area contributed by atoms with Crippen molar-refractivity contribution in [3.8, 4) is 0 Å². The third-order valence-electron chi connectivity index (χ3n) is 3.19. The quantitative estimate of drug-likeness (QED) is 0.893. The molecule has 0 heterocycles. The predicted octanol–water partition coefficient (Wildman–Crippen LogP) is 1.98. The average molecular weight is 317 g/mol. The fourth-order valence-corrected chi connectivity index (χ4v) is 1.75. The number of nitrogens with zero attached hydrogens (tertiary/aromatic N) is 1. The van der Waals surface area contributed by atoms with Gasteiger partial charge in [-0.1, -0.05) is 18.2 Å². The van der Waals surface area contributed by atoms with Gasteiger partial charge in [0.15, 0.2) is 0 Å². The van der Waals surface area contributed by atoms with Crippen LogP contribution in [0.5, 0.6) is 0 Å². The summed E-state index contributed by atoms with van der Waals surface area (Å²) < 4.78 is 38.0. The van der Waals surface area contributed by atoms with Crippen LogP contribution in [0.15, 0.2) is 24.3 Å². The summed E-state index contributed by atoms with van der Waals surface area (Å²) in [5.74, 6) is -0.533. The van der Waals surface area contributed by atoms with E-state index in [4.69, 9.17) is 0 Å². The Morgan fingerprint density at radius 2 is 1.95 bits per heavy atom. The number of halogens is 3. The highest BCUT2D eigenvalue weighted by atomic mass is 19.4. The summed E-state index contributed by atoms with van der Waals surface area (Å²) in [5, 5.41) is 4.37. The molecule has 1 rings (SSSR count).